The molecule has 2 bridgehead atoms. The molecular formula is C14H26N2. The Labute approximate surface area is 99.7 Å². The Bertz CT molecular complexity index is 217. The van der Waals surface area contributed by atoms with Crippen LogP contribution in [0.15, 0.2) is 5.11 Å². The fourth-order valence-electron chi connectivity index (χ4n) is 3.88. The molecule has 0 aromatic heterocycles. The zero-order valence-corrected chi connectivity index (χ0v) is 10.5. The van der Waals surface area contributed by atoms with Crippen LogP contribution in [0.25, 0.3) is 0 Å². The van der Waals surface area contributed by atoms with E-state index in [1.165, 1.54) is 57.8 Å². The number of nitrogens with one attached hydrogen (secondary N) is 1. The Morgan fingerprint density at radius 2 is 1.69 bits per heavy atom. The zero-order chi connectivity index (χ0) is 11.3. The summed E-state index contributed by atoms with van der Waals surface area (Å²) >= 11 is 0. The van der Waals surface area contributed by atoms with Gasteiger partial charge in [-0.1, -0.05) is 25.7 Å². The van der Waals surface area contributed by atoms with Crippen molar-refractivity contribution >= 4 is 0 Å². The van der Waals surface area contributed by atoms with Crippen molar-refractivity contribution in [3.8, 4) is 0 Å². The summed E-state index contributed by atoms with van der Waals surface area (Å²) in [4.78, 5) is 0. The molecule has 0 aliphatic heterocycles. The van der Waals surface area contributed by atoms with Gasteiger partial charge < -0.3 is 0 Å². The molecule has 1 N–H and O–H groups in total. The summed E-state index contributed by atoms with van der Waals surface area (Å²) in [5.41, 5.74) is 7.52. The van der Waals surface area contributed by atoms with Gasteiger partial charge in [0.25, 0.3) is 0 Å². The average Bonchev–Trinajstić information content (AvgIpc) is 2.88. The highest BCUT2D eigenvalue weighted by atomic mass is 14.9. The zero-order valence-electron chi connectivity index (χ0n) is 10.5. The van der Waals surface area contributed by atoms with E-state index < -0.39 is 0 Å². The van der Waals surface area contributed by atoms with E-state index in [9.17, 15) is 0 Å². The second-order valence-corrected chi connectivity index (χ2v) is 6.05. The van der Waals surface area contributed by atoms with Gasteiger partial charge in [-0.2, -0.15) is 5.11 Å². The van der Waals surface area contributed by atoms with Crippen LogP contribution in [0.5, 0.6) is 0 Å². The second-order valence-electron chi connectivity index (χ2n) is 6.05. The normalized spacial score (nSPS) is 32.1. The molecule has 2 rings (SSSR count). The van der Waals surface area contributed by atoms with Gasteiger partial charge in [0.2, 0.25) is 0 Å². The van der Waals surface area contributed by atoms with Crippen molar-refractivity contribution in [3.63, 3.8) is 0 Å². The Morgan fingerprint density at radius 1 is 1.00 bits per heavy atom. The van der Waals surface area contributed by atoms with Crippen molar-refractivity contribution in [1.82, 2.24) is 0 Å². The standard InChI is InChI=1S/C14H26N2/c15-16-11-5-3-1-2-4-8-14-9-6-13(12-14)7-10-14/h13,15H,1-12H2. The lowest BCUT2D eigenvalue weighted by Crippen LogP contribution is -2.13. The molecule has 2 saturated carbocycles. The van der Waals surface area contributed by atoms with E-state index >= 15 is 0 Å². The van der Waals surface area contributed by atoms with Crippen LogP contribution in [0, 0.1) is 16.9 Å². The van der Waals surface area contributed by atoms with Crippen molar-refractivity contribution in [2.75, 3.05) is 6.54 Å². The number of unbranched alkanes of at least 4 members (excludes halogenated alkanes) is 4. The predicted molar refractivity (Wildman–Crippen MR) is 66.7 cm³/mol. The van der Waals surface area contributed by atoms with Gasteiger partial charge in [-0.3, -0.25) is 0 Å². The summed E-state index contributed by atoms with van der Waals surface area (Å²) < 4.78 is 0. The fraction of sp³-hybridized carbons (Fsp3) is 1.00. The molecule has 92 valence electrons. The molecule has 0 unspecified atom stereocenters. The van der Waals surface area contributed by atoms with Gasteiger partial charge in [0.05, 0.1) is 6.54 Å². The maximum absolute atomic E-state index is 6.71. The fourth-order valence-corrected chi connectivity index (χ4v) is 3.88. The minimum atomic E-state index is 0.742. The van der Waals surface area contributed by atoms with E-state index in [1.54, 1.807) is 6.42 Å². The molecule has 0 saturated heterocycles. The van der Waals surface area contributed by atoms with Crippen LogP contribution < -0.4 is 0 Å². The highest BCUT2D eigenvalue weighted by Crippen LogP contribution is 2.56. The molecule has 0 atom stereocenters. The third kappa shape index (κ3) is 3.05. The predicted octanol–water partition coefficient (Wildman–Crippen LogP) is 4.94. The van der Waals surface area contributed by atoms with Gasteiger partial charge in [0, 0.05) is 0 Å². The van der Waals surface area contributed by atoms with Gasteiger partial charge in [-0.25, -0.2) is 5.53 Å². The van der Waals surface area contributed by atoms with Crippen molar-refractivity contribution < 1.29 is 0 Å². The van der Waals surface area contributed by atoms with Crippen molar-refractivity contribution in [2.45, 2.75) is 70.6 Å². The lowest BCUT2D eigenvalue weighted by Gasteiger charge is -2.26. The van der Waals surface area contributed by atoms with Gasteiger partial charge in [-0.15, -0.1) is 0 Å². The molecule has 2 nitrogen and oxygen atoms in total. The van der Waals surface area contributed by atoms with Crippen LogP contribution in [-0.4, -0.2) is 6.54 Å². The number of nitrogens with zero attached hydrogens (tertiary/aromatic N) is 1. The smallest absolute Gasteiger partial charge is 0.0596 e. The van der Waals surface area contributed by atoms with E-state index in [1.807, 2.05) is 0 Å². The van der Waals surface area contributed by atoms with E-state index in [4.69, 9.17) is 5.53 Å². The molecular weight excluding hydrogens is 196 g/mol. The van der Waals surface area contributed by atoms with Crippen LogP contribution in [0.1, 0.15) is 70.6 Å². The largest absolute Gasteiger partial charge is 0.210 e. The number of fused-ring (bicyclic) bond motifs is 2. The van der Waals surface area contributed by atoms with Crippen LogP contribution >= 0.6 is 0 Å². The summed E-state index contributed by atoms with van der Waals surface area (Å²) in [5.74, 6) is 1.11. The van der Waals surface area contributed by atoms with E-state index in [-0.39, 0.29) is 0 Å². The van der Waals surface area contributed by atoms with Crippen molar-refractivity contribution in [3.05, 3.63) is 0 Å². The summed E-state index contributed by atoms with van der Waals surface area (Å²) in [6.45, 7) is 0.742. The Hall–Kier alpha value is -0.400. The Kier molecular flexibility index (Phi) is 4.37. The highest BCUT2D eigenvalue weighted by Gasteiger charge is 2.43. The molecule has 2 heteroatoms. The topological polar surface area (TPSA) is 36.2 Å². The summed E-state index contributed by atoms with van der Waals surface area (Å²) in [5, 5.41) is 3.40. The Balaban J connectivity index is 1.50. The molecule has 2 aliphatic carbocycles. The monoisotopic (exact) mass is 222 g/mol. The van der Waals surface area contributed by atoms with E-state index in [0.29, 0.717) is 0 Å². The Morgan fingerprint density at radius 3 is 2.31 bits per heavy atom. The van der Waals surface area contributed by atoms with Crippen LogP contribution in [0.2, 0.25) is 0 Å². The minimum Gasteiger partial charge on any atom is -0.210 e. The third-order valence-corrected chi connectivity index (χ3v) is 4.86. The molecule has 2 aliphatic rings. The quantitative estimate of drug-likeness (QED) is 0.446. The SMILES string of the molecule is N=NCCCCCCCC12CCC(CC1)C2. The first-order valence-corrected chi connectivity index (χ1v) is 7.18. The van der Waals surface area contributed by atoms with Crippen LogP contribution in [0.4, 0.5) is 0 Å². The maximum Gasteiger partial charge on any atom is 0.0596 e. The molecule has 0 radical (unpaired) electrons. The highest BCUT2D eigenvalue weighted by molar-refractivity contribution is 4.95. The number of hydrogen-bond donors (Lipinski definition) is 1. The molecule has 0 spiro atoms. The number of rotatable bonds is 8. The molecule has 0 heterocycles. The van der Waals surface area contributed by atoms with Gasteiger partial charge >= 0.3 is 0 Å². The van der Waals surface area contributed by atoms with Crippen LogP contribution in [-0.2, 0) is 0 Å². The first kappa shape index (κ1) is 12.1. The lowest BCUT2D eigenvalue weighted by molar-refractivity contribution is 0.260. The average molecular weight is 222 g/mol. The first-order chi connectivity index (χ1) is 7.85. The third-order valence-electron chi connectivity index (χ3n) is 4.86. The van der Waals surface area contributed by atoms with Gasteiger partial charge in [0.1, 0.15) is 0 Å². The van der Waals surface area contributed by atoms with E-state index in [0.717, 1.165) is 24.3 Å². The minimum absolute atomic E-state index is 0.742. The molecule has 0 aromatic carbocycles. The molecule has 16 heavy (non-hydrogen) atoms. The molecule has 2 fully saturated rings. The van der Waals surface area contributed by atoms with Gasteiger partial charge in [-0.05, 0) is 56.3 Å². The van der Waals surface area contributed by atoms with Crippen molar-refractivity contribution in [2.24, 2.45) is 16.4 Å². The first-order valence-electron chi connectivity index (χ1n) is 7.18. The lowest BCUT2D eigenvalue weighted by atomic mass is 9.79. The number of hydrogen-bond acceptors (Lipinski definition) is 2. The van der Waals surface area contributed by atoms with E-state index in [2.05, 4.69) is 5.11 Å². The molecule has 0 aromatic rings. The van der Waals surface area contributed by atoms with Crippen molar-refractivity contribution in [1.29, 1.82) is 5.53 Å². The second kappa shape index (κ2) is 5.79. The summed E-state index contributed by atoms with van der Waals surface area (Å²) in [6.07, 6.45) is 15.8. The molecule has 0 amide bonds. The van der Waals surface area contributed by atoms with Crippen LogP contribution in [0.3, 0.4) is 0 Å². The summed E-state index contributed by atoms with van der Waals surface area (Å²) in [7, 11) is 0. The van der Waals surface area contributed by atoms with Gasteiger partial charge in [0.15, 0.2) is 0 Å². The maximum atomic E-state index is 6.71. The summed E-state index contributed by atoms with van der Waals surface area (Å²) in [6, 6.07) is 0.